The third kappa shape index (κ3) is 11.1. The Hall–Kier alpha value is -1.91. The van der Waals surface area contributed by atoms with Crippen LogP contribution in [0.4, 0.5) is 5.69 Å². The van der Waals surface area contributed by atoms with Gasteiger partial charge in [-0.05, 0) is 55.9 Å². The van der Waals surface area contributed by atoms with Gasteiger partial charge in [-0.1, -0.05) is 71.1 Å². The summed E-state index contributed by atoms with van der Waals surface area (Å²) >= 11 is 0. The van der Waals surface area contributed by atoms with E-state index < -0.39 is 0 Å². The summed E-state index contributed by atoms with van der Waals surface area (Å²) in [6, 6.07) is 6.75. The Morgan fingerprint density at radius 3 is 2.34 bits per heavy atom. The highest BCUT2D eigenvalue weighted by molar-refractivity contribution is 5.75. The lowest BCUT2D eigenvalue weighted by atomic mass is 10.0. The molecule has 1 aromatic rings. The van der Waals surface area contributed by atoms with Gasteiger partial charge in [0.25, 0.3) is 0 Å². The molecule has 0 saturated carbocycles. The SMILES string of the molecule is CCCCCCCCCN1CCCc2cc(OCCCCCCCCN=C(N)N)ccc21. The van der Waals surface area contributed by atoms with E-state index in [4.69, 9.17) is 16.2 Å². The number of nitrogens with zero attached hydrogens (tertiary/aromatic N) is 2. The van der Waals surface area contributed by atoms with Crippen LogP contribution in [0.1, 0.15) is 102 Å². The van der Waals surface area contributed by atoms with E-state index in [0.29, 0.717) is 0 Å². The number of unbranched alkanes of at least 4 members (excludes halogenated alkanes) is 11. The molecule has 5 nitrogen and oxygen atoms in total. The molecule has 2 rings (SSSR count). The fourth-order valence-corrected chi connectivity index (χ4v) is 4.55. The van der Waals surface area contributed by atoms with E-state index in [2.05, 4.69) is 35.0 Å². The highest BCUT2D eigenvalue weighted by Gasteiger charge is 2.17. The third-order valence-corrected chi connectivity index (χ3v) is 6.41. The van der Waals surface area contributed by atoms with Crippen molar-refractivity contribution in [1.82, 2.24) is 0 Å². The van der Waals surface area contributed by atoms with Gasteiger partial charge in [0.15, 0.2) is 5.96 Å². The molecule has 1 aliphatic heterocycles. The predicted molar refractivity (Wildman–Crippen MR) is 139 cm³/mol. The highest BCUT2D eigenvalue weighted by atomic mass is 16.5. The number of hydrogen-bond donors (Lipinski definition) is 2. The monoisotopic (exact) mass is 444 g/mol. The zero-order valence-electron chi connectivity index (χ0n) is 20.6. The molecule has 0 unspecified atom stereocenters. The first kappa shape index (κ1) is 26.3. The number of nitrogens with two attached hydrogens (primary N) is 2. The zero-order chi connectivity index (χ0) is 22.9. The number of rotatable bonds is 18. The van der Waals surface area contributed by atoms with Gasteiger partial charge in [-0.15, -0.1) is 0 Å². The number of aryl methyl sites for hydroxylation is 1. The molecule has 32 heavy (non-hydrogen) atoms. The summed E-state index contributed by atoms with van der Waals surface area (Å²) in [4.78, 5) is 6.62. The summed E-state index contributed by atoms with van der Waals surface area (Å²) < 4.78 is 6.06. The van der Waals surface area contributed by atoms with Gasteiger partial charge in [-0.3, -0.25) is 4.99 Å². The minimum absolute atomic E-state index is 0.199. The number of fused-ring (bicyclic) bond motifs is 1. The summed E-state index contributed by atoms with van der Waals surface area (Å²) in [5, 5.41) is 0. The molecule has 5 heteroatoms. The van der Waals surface area contributed by atoms with Crippen LogP contribution in [-0.2, 0) is 6.42 Å². The Morgan fingerprint density at radius 1 is 0.906 bits per heavy atom. The van der Waals surface area contributed by atoms with E-state index in [1.54, 1.807) is 0 Å². The second-order valence-electron chi connectivity index (χ2n) is 9.28. The average molecular weight is 445 g/mol. The van der Waals surface area contributed by atoms with Gasteiger partial charge in [-0.2, -0.15) is 0 Å². The first-order valence-electron chi connectivity index (χ1n) is 13.3. The van der Waals surface area contributed by atoms with E-state index in [0.717, 1.165) is 31.7 Å². The van der Waals surface area contributed by atoms with Gasteiger partial charge < -0.3 is 21.1 Å². The highest BCUT2D eigenvalue weighted by Crippen LogP contribution is 2.31. The van der Waals surface area contributed by atoms with Crippen molar-refractivity contribution < 1.29 is 4.74 Å². The standard InChI is InChI=1S/C27H48N4O/c1-2-3-4-5-7-10-13-20-31-21-15-16-24-23-25(17-18-26(24)31)32-22-14-11-8-6-9-12-19-30-27(28)29/h17-18,23H,2-16,19-22H2,1H3,(H4,28,29,30). The average Bonchev–Trinajstić information content (AvgIpc) is 2.79. The van der Waals surface area contributed by atoms with Crippen LogP contribution in [0.5, 0.6) is 5.75 Å². The van der Waals surface area contributed by atoms with E-state index in [9.17, 15) is 0 Å². The number of aliphatic imine (C=N–C) groups is 1. The van der Waals surface area contributed by atoms with Gasteiger partial charge >= 0.3 is 0 Å². The van der Waals surface area contributed by atoms with Crippen LogP contribution in [0, 0.1) is 0 Å². The van der Waals surface area contributed by atoms with Crippen LogP contribution in [0.2, 0.25) is 0 Å². The van der Waals surface area contributed by atoms with Crippen molar-refractivity contribution in [3.8, 4) is 5.75 Å². The zero-order valence-corrected chi connectivity index (χ0v) is 20.6. The predicted octanol–water partition coefficient (Wildman–Crippen LogP) is 6.18. The molecule has 0 aliphatic carbocycles. The number of benzene rings is 1. The molecule has 1 aromatic carbocycles. The molecular weight excluding hydrogens is 396 g/mol. The van der Waals surface area contributed by atoms with Gasteiger partial charge in [0.2, 0.25) is 0 Å². The van der Waals surface area contributed by atoms with Crippen LogP contribution >= 0.6 is 0 Å². The molecule has 0 radical (unpaired) electrons. The lowest BCUT2D eigenvalue weighted by Crippen LogP contribution is -2.30. The smallest absolute Gasteiger partial charge is 0.185 e. The number of ether oxygens (including phenoxy) is 1. The molecule has 182 valence electrons. The topological polar surface area (TPSA) is 76.9 Å². The van der Waals surface area contributed by atoms with Crippen molar-refractivity contribution >= 4 is 11.6 Å². The van der Waals surface area contributed by atoms with E-state index in [-0.39, 0.29) is 5.96 Å². The molecule has 1 heterocycles. The molecule has 0 saturated heterocycles. The van der Waals surface area contributed by atoms with Gasteiger partial charge in [0.1, 0.15) is 5.75 Å². The summed E-state index contributed by atoms with van der Waals surface area (Å²) in [5.41, 5.74) is 13.6. The molecule has 0 fully saturated rings. The maximum absolute atomic E-state index is 6.06. The van der Waals surface area contributed by atoms with Gasteiger partial charge in [0.05, 0.1) is 6.61 Å². The number of guanidine groups is 1. The van der Waals surface area contributed by atoms with E-state index in [1.165, 1.54) is 108 Å². The Labute approximate surface area is 197 Å². The van der Waals surface area contributed by atoms with Crippen LogP contribution in [0.3, 0.4) is 0 Å². The number of anilines is 1. The van der Waals surface area contributed by atoms with Crippen molar-refractivity contribution in [3.63, 3.8) is 0 Å². The summed E-state index contributed by atoms with van der Waals surface area (Å²) in [7, 11) is 0. The molecule has 1 aliphatic rings. The second kappa shape index (κ2) is 16.7. The fourth-order valence-electron chi connectivity index (χ4n) is 4.55. The third-order valence-electron chi connectivity index (χ3n) is 6.41. The van der Waals surface area contributed by atoms with E-state index in [1.807, 2.05) is 0 Å². The van der Waals surface area contributed by atoms with Crippen molar-refractivity contribution in [2.75, 3.05) is 31.1 Å². The summed E-state index contributed by atoms with van der Waals surface area (Å²) in [6.07, 6.45) is 19.2. The summed E-state index contributed by atoms with van der Waals surface area (Å²) in [5.74, 6) is 1.24. The Kier molecular flexibility index (Phi) is 13.7. The van der Waals surface area contributed by atoms with Crippen LogP contribution in [-0.4, -0.2) is 32.2 Å². The summed E-state index contributed by atoms with van der Waals surface area (Å²) in [6.45, 7) is 6.25. The first-order chi connectivity index (χ1) is 15.7. The largest absolute Gasteiger partial charge is 0.494 e. The van der Waals surface area contributed by atoms with E-state index >= 15 is 0 Å². The lowest BCUT2D eigenvalue weighted by molar-refractivity contribution is 0.304. The Morgan fingerprint density at radius 2 is 1.59 bits per heavy atom. The molecule has 0 amide bonds. The van der Waals surface area contributed by atoms with Crippen LogP contribution in [0.25, 0.3) is 0 Å². The van der Waals surface area contributed by atoms with Crippen molar-refractivity contribution in [2.24, 2.45) is 16.5 Å². The normalized spacial score (nSPS) is 13.1. The van der Waals surface area contributed by atoms with Gasteiger partial charge in [0, 0.05) is 25.3 Å². The molecular formula is C27H48N4O. The molecule has 0 aromatic heterocycles. The maximum Gasteiger partial charge on any atom is 0.185 e. The Bertz CT molecular complexity index is 643. The maximum atomic E-state index is 6.06. The van der Waals surface area contributed by atoms with Crippen LogP contribution in [0.15, 0.2) is 23.2 Å². The minimum atomic E-state index is 0.199. The quantitative estimate of drug-likeness (QED) is 0.161. The lowest BCUT2D eigenvalue weighted by Gasteiger charge is -2.31. The molecule has 0 atom stereocenters. The van der Waals surface area contributed by atoms with Crippen LogP contribution < -0.4 is 21.1 Å². The van der Waals surface area contributed by atoms with Gasteiger partial charge in [-0.25, -0.2) is 0 Å². The van der Waals surface area contributed by atoms with Crippen molar-refractivity contribution in [3.05, 3.63) is 23.8 Å². The second-order valence-corrected chi connectivity index (χ2v) is 9.28. The molecule has 0 spiro atoms. The van der Waals surface area contributed by atoms with Crippen molar-refractivity contribution in [1.29, 1.82) is 0 Å². The molecule has 4 N–H and O–H groups in total. The molecule has 0 bridgehead atoms. The minimum Gasteiger partial charge on any atom is -0.494 e. The first-order valence-corrected chi connectivity index (χ1v) is 13.3. The number of hydrogen-bond acceptors (Lipinski definition) is 3. The fraction of sp³-hybridized carbons (Fsp3) is 0.741. The van der Waals surface area contributed by atoms with Crippen molar-refractivity contribution in [2.45, 2.75) is 103 Å². The Balaban J connectivity index is 1.59.